The second kappa shape index (κ2) is 11.0. The molecule has 11 nitrogen and oxygen atoms in total. The molecule has 4 aromatic rings. The SMILES string of the molecule is O=C(NO)c1ccc(OCCCc2ncnn2CC(O)(Cn2cncn2)c2ccc(F)cc2F)cc1. The van der Waals surface area contributed by atoms with Gasteiger partial charge in [-0.05, 0) is 36.8 Å². The summed E-state index contributed by atoms with van der Waals surface area (Å²) in [5.41, 5.74) is -0.0893. The van der Waals surface area contributed by atoms with Gasteiger partial charge in [0.15, 0.2) is 0 Å². The van der Waals surface area contributed by atoms with E-state index in [2.05, 4.69) is 20.2 Å². The molecule has 2 aromatic heterocycles. The maximum absolute atomic E-state index is 14.7. The van der Waals surface area contributed by atoms with Crippen molar-refractivity contribution in [2.75, 3.05) is 6.61 Å². The zero-order valence-electron chi connectivity index (χ0n) is 19.0. The van der Waals surface area contributed by atoms with Crippen molar-refractivity contribution in [2.45, 2.75) is 31.5 Å². The lowest BCUT2D eigenvalue weighted by molar-refractivity contribution is -0.00935. The van der Waals surface area contributed by atoms with Crippen LogP contribution in [0.2, 0.25) is 0 Å². The van der Waals surface area contributed by atoms with Gasteiger partial charge in [0, 0.05) is 23.6 Å². The standard InChI is InChI=1S/C23H23F2N7O4/c24-17-5-8-19(20(25)10-17)23(34,11-31-15-26-13-28-31)12-32-21(27-14-29-32)2-1-9-36-18-6-3-16(4-7-18)22(33)30-35/h3-8,10,13-15,34-35H,1-2,9,11-12H2,(H,30,33). The molecule has 0 aliphatic carbocycles. The molecule has 0 fully saturated rings. The fraction of sp³-hybridized carbons (Fsp3) is 0.261. The van der Waals surface area contributed by atoms with Crippen molar-refractivity contribution in [2.24, 2.45) is 0 Å². The number of carbonyl (C=O) groups excluding carboxylic acids is 1. The lowest BCUT2D eigenvalue weighted by Gasteiger charge is -2.29. The largest absolute Gasteiger partial charge is 0.494 e. The topological polar surface area (TPSA) is 140 Å². The predicted octanol–water partition coefficient (Wildman–Crippen LogP) is 1.87. The van der Waals surface area contributed by atoms with Crippen LogP contribution in [0.1, 0.15) is 28.2 Å². The fourth-order valence-electron chi connectivity index (χ4n) is 3.72. The third-order valence-corrected chi connectivity index (χ3v) is 5.46. The monoisotopic (exact) mass is 499 g/mol. The number of hydrogen-bond donors (Lipinski definition) is 3. The van der Waals surface area contributed by atoms with Crippen molar-refractivity contribution in [1.29, 1.82) is 0 Å². The van der Waals surface area contributed by atoms with Crippen molar-refractivity contribution in [1.82, 2.24) is 35.0 Å². The highest BCUT2D eigenvalue weighted by molar-refractivity contribution is 5.93. The number of benzene rings is 2. The summed E-state index contributed by atoms with van der Waals surface area (Å²) >= 11 is 0. The molecule has 13 heteroatoms. The molecule has 36 heavy (non-hydrogen) atoms. The van der Waals surface area contributed by atoms with Gasteiger partial charge in [-0.1, -0.05) is 6.07 Å². The van der Waals surface area contributed by atoms with Crippen molar-refractivity contribution in [3.05, 3.63) is 90.0 Å². The molecule has 0 saturated carbocycles. The van der Waals surface area contributed by atoms with E-state index in [1.54, 1.807) is 17.6 Å². The first-order valence-corrected chi connectivity index (χ1v) is 10.9. The molecule has 2 aromatic carbocycles. The zero-order chi connectivity index (χ0) is 25.5. The quantitative estimate of drug-likeness (QED) is 0.161. The van der Waals surface area contributed by atoms with E-state index >= 15 is 0 Å². The Morgan fingerprint density at radius 2 is 1.89 bits per heavy atom. The lowest BCUT2D eigenvalue weighted by Crippen LogP contribution is -2.38. The average molecular weight is 499 g/mol. The normalized spacial score (nSPS) is 12.8. The summed E-state index contributed by atoms with van der Waals surface area (Å²) in [6, 6.07) is 9.23. The number of carbonyl (C=O) groups is 1. The van der Waals surface area contributed by atoms with Crippen LogP contribution in [0, 0.1) is 11.6 Å². The van der Waals surface area contributed by atoms with Gasteiger partial charge in [-0.3, -0.25) is 10.0 Å². The molecular formula is C23H23F2N7O4. The number of aryl methyl sites for hydroxylation is 1. The third-order valence-electron chi connectivity index (χ3n) is 5.46. The molecule has 4 rings (SSSR count). The van der Waals surface area contributed by atoms with Crippen LogP contribution < -0.4 is 10.2 Å². The molecule has 2 heterocycles. The summed E-state index contributed by atoms with van der Waals surface area (Å²) in [6.07, 6.45) is 4.99. The fourth-order valence-corrected chi connectivity index (χ4v) is 3.72. The molecule has 1 unspecified atom stereocenters. The first-order valence-electron chi connectivity index (χ1n) is 10.9. The summed E-state index contributed by atoms with van der Waals surface area (Å²) in [4.78, 5) is 19.5. The second-order valence-corrected chi connectivity index (χ2v) is 8.00. The Labute approximate surface area is 204 Å². The number of nitrogens with zero attached hydrogens (tertiary/aromatic N) is 6. The molecule has 1 atom stereocenters. The van der Waals surface area contributed by atoms with Gasteiger partial charge in [-0.2, -0.15) is 10.2 Å². The molecule has 0 bridgehead atoms. The summed E-state index contributed by atoms with van der Waals surface area (Å²) in [5, 5.41) is 28.3. The number of aliphatic hydroxyl groups is 1. The Bertz CT molecular complexity index is 1300. The van der Waals surface area contributed by atoms with E-state index in [0.29, 0.717) is 37.1 Å². The van der Waals surface area contributed by atoms with E-state index in [9.17, 15) is 18.7 Å². The van der Waals surface area contributed by atoms with Crippen LogP contribution in [0.4, 0.5) is 8.78 Å². The summed E-state index contributed by atoms with van der Waals surface area (Å²) in [7, 11) is 0. The Kier molecular flexibility index (Phi) is 7.61. The van der Waals surface area contributed by atoms with Crippen LogP contribution in [0.25, 0.3) is 0 Å². The molecule has 3 N–H and O–H groups in total. The number of ether oxygens (including phenoxy) is 1. The number of rotatable bonds is 11. The summed E-state index contributed by atoms with van der Waals surface area (Å²) in [6.45, 7) is 0.0104. The molecule has 0 spiro atoms. The highest BCUT2D eigenvalue weighted by atomic mass is 19.1. The first kappa shape index (κ1) is 24.9. The number of nitrogens with one attached hydrogen (secondary N) is 1. The van der Waals surface area contributed by atoms with Crippen LogP contribution in [0.5, 0.6) is 5.75 Å². The van der Waals surface area contributed by atoms with E-state index in [4.69, 9.17) is 9.94 Å². The van der Waals surface area contributed by atoms with Crippen LogP contribution in [-0.2, 0) is 25.1 Å². The Balaban J connectivity index is 1.42. The first-order chi connectivity index (χ1) is 17.4. The predicted molar refractivity (Wildman–Crippen MR) is 120 cm³/mol. The van der Waals surface area contributed by atoms with Crippen molar-refractivity contribution in [3.8, 4) is 5.75 Å². The van der Waals surface area contributed by atoms with E-state index in [1.807, 2.05) is 0 Å². The summed E-state index contributed by atoms with van der Waals surface area (Å²) < 4.78 is 36.7. The van der Waals surface area contributed by atoms with Crippen LogP contribution in [0.3, 0.4) is 0 Å². The van der Waals surface area contributed by atoms with E-state index in [0.717, 1.165) is 6.07 Å². The average Bonchev–Trinajstić information content (AvgIpc) is 3.53. The maximum Gasteiger partial charge on any atom is 0.274 e. The Morgan fingerprint density at radius 3 is 2.58 bits per heavy atom. The molecular weight excluding hydrogens is 476 g/mol. The molecule has 0 aliphatic rings. The molecule has 0 aliphatic heterocycles. The number of aromatic nitrogens is 6. The number of hydrogen-bond acceptors (Lipinski definition) is 8. The van der Waals surface area contributed by atoms with Crippen LogP contribution in [0.15, 0.2) is 61.4 Å². The van der Waals surface area contributed by atoms with Gasteiger partial charge >= 0.3 is 0 Å². The zero-order valence-corrected chi connectivity index (χ0v) is 19.0. The molecule has 1 amide bonds. The van der Waals surface area contributed by atoms with E-state index in [1.165, 1.54) is 46.5 Å². The van der Waals surface area contributed by atoms with Crippen molar-refractivity contribution in [3.63, 3.8) is 0 Å². The second-order valence-electron chi connectivity index (χ2n) is 8.00. The Morgan fingerprint density at radius 1 is 1.08 bits per heavy atom. The van der Waals surface area contributed by atoms with Crippen LogP contribution >= 0.6 is 0 Å². The minimum atomic E-state index is -1.83. The maximum atomic E-state index is 14.7. The van der Waals surface area contributed by atoms with Gasteiger partial charge in [-0.15, -0.1) is 0 Å². The smallest absolute Gasteiger partial charge is 0.274 e. The van der Waals surface area contributed by atoms with Gasteiger partial charge in [0.2, 0.25) is 0 Å². The molecule has 0 saturated heterocycles. The summed E-state index contributed by atoms with van der Waals surface area (Å²) in [5.74, 6) is -1.19. The highest BCUT2D eigenvalue weighted by Gasteiger charge is 2.35. The Hall–Kier alpha value is -4.23. The number of halogens is 2. The van der Waals surface area contributed by atoms with Crippen molar-refractivity contribution >= 4 is 5.91 Å². The number of hydroxylamine groups is 1. The van der Waals surface area contributed by atoms with Crippen molar-refractivity contribution < 1.29 is 28.6 Å². The highest BCUT2D eigenvalue weighted by Crippen LogP contribution is 2.28. The van der Waals surface area contributed by atoms with Gasteiger partial charge < -0.3 is 9.84 Å². The minimum Gasteiger partial charge on any atom is -0.494 e. The van der Waals surface area contributed by atoms with E-state index in [-0.39, 0.29) is 24.2 Å². The van der Waals surface area contributed by atoms with Gasteiger partial charge in [0.05, 0.1) is 19.7 Å². The number of amides is 1. The third kappa shape index (κ3) is 5.87. The van der Waals surface area contributed by atoms with Gasteiger partial charge in [0.1, 0.15) is 47.8 Å². The van der Waals surface area contributed by atoms with Crippen LogP contribution in [-0.4, -0.2) is 52.4 Å². The molecule has 188 valence electrons. The molecule has 0 radical (unpaired) electrons. The van der Waals surface area contributed by atoms with Gasteiger partial charge in [0.25, 0.3) is 5.91 Å². The minimum absolute atomic E-state index is 0.109. The lowest BCUT2D eigenvalue weighted by atomic mass is 9.92. The van der Waals surface area contributed by atoms with Gasteiger partial charge in [-0.25, -0.2) is 33.6 Å². The van der Waals surface area contributed by atoms with E-state index < -0.39 is 23.1 Å².